The molecule has 2 aromatic rings. The average molecular weight is 378 g/mol. The van der Waals surface area contributed by atoms with Crippen LogP contribution in [-0.4, -0.2) is 30.3 Å². The largest absolute Gasteiger partial charge is 0.465 e. The SMILES string of the molecule is NC(Cc1ccc(-c2cc(Cl)ccc2F)cc1)CC1(CO)CCOC1=O. The van der Waals surface area contributed by atoms with Gasteiger partial charge in [-0.25, -0.2) is 4.39 Å². The molecule has 3 N–H and O–H groups in total. The van der Waals surface area contributed by atoms with Gasteiger partial charge < -0.3 is 15.6 Å². The number of ether oxygens (including phenoxy) is 1. The predicted molar refractivity (Wildman–Crippen MR) is 98.2 cm³/mol. The second-order valence-electron chi connectivity index (χ2n) is 6.81. The van der Waals surface area contributed by atoms with Crippen LogP contribution in [-0.2, 0) is 16.0 Å². The normalized spacial score (nSPS) is 20.8. The lowest BCUT2D eigenvalue weighted by Crippen LogP contribution is -2.38. The molecule has 0 bridgehead atoms. The van der Waals surface area contributed by atoms with Gasteiger partial charge in [-0.3, -0.25) is 4.79 Å². The highest BCUT2D eigenvalue weighted by Gasteiger charge is 2.44. The summed E-state index contributed by atoms with van der Waals surface area (Å²) in [6, 6.07) is 11.6. The average Bonchev–Trinajstić information content (AvgIpc) is 2.98. The van der Waals surface area contributed by atoms with Gasteiger partial charge in [0.15, 0.2) is 0 Å². The fourth-order valence-corrected chi connectivity index (χ4v) is 3.58. The molecule has 0 amide bonds. The van der Waals surface area contributed by atoms with Gasteiger partial charge in [0.25, 0.3) is 0 Å². The van der Waals surface area contributed by atoms with Crippen molar-refractivity contribution < 1.29 is 19.0 Å². The van der Waals surface area contributed by atoms with E-state index < -0.39 is 5.41 Å². The number of hydrogen-bond donors (Lipinski definition) is 2. The van der Waals surface area contributed by atoms with Gasteiger partial charge in [0.05, 0.1) is 18.6 Å². The molecule has 2 unspecified atom stereocenters. The third kappa shape index (κ3) is 3.90. The van der Waals surface area contributed by atoms with Crippen LogP contribution in [0.4, 0.5) is 4.39 Å². The first-order valence-corrected chi connectivity index (χ1v) is 8.89. The number of benzene rings is 2. The van der Waals surface area contributed by atoms with Crippen molar-refractivity contribution in [2.24, 2.45) is 11.1 Å². The number of rotatable bonds is 6. The Kier molecular flexibility index (Phi) is 5.61. The van der Waals surface area contributed by atoms with Gasteiger partial charge in [0.2, 0.25) is 0 Å². The van der Waals surface area contributed by atoms with E-state index in [1.54, 1.807) is 6.07 Å². The lowest BCUT2D eigenvalue weighted by atomic mass is 9.80. The molecule has 1 fully saturated rings. The van der Waals surface area contributed by atoms with Crippen LogP contribution in [0.15, 0.2) is 42.5 Å². The molecule has 2 atom stereocenters. The van der Waals surface area contributed by atoms with Crippen LogP contribution in [0.25, 0.3) is 11.1 Å². The van der Waals surface area contributed by atoms with E-state index in [1.165, 1.54) is 12.1 Å². The lowest BCUT2D eigenvalue weighted by molar-refractivity contribution is -0.148. The second-order valence-corrected chi connectivity index (χ2v) is 7.25. The number of carbonyl (C=O) groups is 1. The van der Waals surface area contributed by atoms with E-state index in [2.05, 4.69) is 0 Å². The standard InChI is InChI=1S/C20H21ClFNO3/c21-15-5-6-18(22)17(10-15)14-3-1-13(2-4-14)9-16(23)11-20(12-24)7-8-26-19(20)25/h1-6,10,16,24H,7-9,11-12,23H2. The Balaban J connectivity index is 1.69. The molecule has 0 aromatic heterocycles. The number of cyclic esters (lactones) is 1. The smallest absolute Gasteiger partial charge is 0.314 e. The van der Waals surface area contributed by atoms with Crippen molar-refractivity contribution in [2.75, 3.05) is 13.2 Å². The number of nitrogens with two attached hydrogens (primary N) is 1. The Morgan fingerprint density at radius 1 is 1.27 bits per heavy atom. The van der Waals surface area contributed by atoms with E-state index in [1.807, 2.05) is 24.3 Å². The first-order valence-electron chi connectivity index (χ1n) is 8.51. The van der Waals surface area contributed by atoms with Crippen LogP contribution in [0, 0.1) is 11.2 Å². The Bertz CT molecular complexity index is 796. The molecule has 0 radical (unpaired) electrons. The number of carbonyl (C=O) groups excluding carboxylic acids is 1. The number of esters is 1. The molecule has 1 aliphatic heterocycles. The minimum atomic E-state index is -0.886. The van der Waals surface area contributed by atoms with Crippen LogP contribution in [0.5, 0.6) is 0 Å². The molecule has 3 rings (SSSR count). The van der Waals surface area contributed by atoms with E-state index in [0.717, 1.165) is 11.1 Å². The fraction of sp³-hybridized carbons (Fsp3) is 0.350. The second kappa shape index (κ2) is 7.74. The van der Waals surface area contributed by atoms with Gasteiger partial charge in [-0.15, -0.1) is 0 Å². The number of hydrogen-bond acceptors (Lipinski definition) is 4. The molecule has 0 spiro atoms. The van der Waals surface area contributed by atoms with Gasteiger partial charge in [0, 0.05) is 16.6 Å². The Morgan fingerprint density at radius 3 is 2.62 bits per heavy atom. The van der Waals surface area contributed by atoms with Gasteiger partial charge >= 0.3 is 5.97 Å². The topological polar surface area (TPSA) is 72.6 Å². The van der Waals surface area contributed by atoms with Crippen LogP contribution in [0.1, 0.15) is 18.4 Å². The molecule has 1 aliphatic rings. The molecule has 138 valence electrons. The van der Waals surface area contributed by atoms with Crippen molar-refractivity contribution in [3.8, 4) is 11.1 Å². The van der Waals surface area contributed by atoms with Crippen LogP contribution in [0.3, 0.4) is 0 Å². The molecule has 0 saturated carbocycles. The minimum absolute atomic E-state index is 0.257. The number of aliphatic hydroxyl groups excluding tert-OH is 1. The van der Waals surface area contributed by atoms with Crippen molar-refractivity contribution in [3.05, 3.63) is 58.9 Å². The van der Waals surface area contributed by atoms with Crippen molar-refractivity contribution >= 4 is 17.6 Å². The highest BCUT2D eigenvalue weighted by Crippen LogP contribution is 2.35. The highest BCUT2D eigenvalue weighted by molar-refractivity contribution is 6.30. The molecule has 4 nitrogen and oxygen atoms in total. The summed E-state index contributed by atoms with van der Waals surface area (Å²) >= 11 is 5.95. The first-order chi connectivity index (χ1) is 12.4. The summed E-state index contributed by atoms with van der Waals surface area (Å²) in [4.78, 5) is 11.9. The van der Waals surface area contributed by atoms with Gasteiger partial charge in [0.1, 0.15) is 5.82 Å². The maximum atomic E-state index is 14.0. The van der Waals surface area contributed by atoms with Crippen molar-refractivity contribution in [3.63, 3.8) is 0 Å². The van der Waals surface area contributed by atoms with Gasteiger partial charge in [-0.1, -0.05) is 35.9 Å². The maximum Gasteiger partial charge on any atom is 0.314 e. The maximum absolute atomic E-state index is 14.0. The molecular formula is C20H21ClFNO3. The van der Waals surface area contributed by atoms with Crippen LogP contribution in [0.2, 0.25) is 5.02 Å². The molecule has 6 heteroatoms. The quantitative estimate of drug-likeness (QED) is 0.757. The summed E-state index contributed by atoms with van der Waals surface area (Å²) < 4.78 is 19.0. The summed E-state index contributed by atoms with van der Waals surface area (Å²) in [5.41, 5.74) is 7.47. The Hall–Kier alpha value is -1.95. The van der Waals surface area contributed by atoms with E-state index >= 15 is 0 Å². The summed E-state index contributed by atoms with van der Waals surface area (Å²) in [5, 5.41) is 10.1. The first kappa shape index (κ1) is 18.8. The van der Waals surface area contributed by atoms with Crippen molar-refractivity contribution in [2.45, 2.75) is 25.3 Å². The number of aliphatic hydroxyl groups is 1. The predicted octanol–water partition coefficient (Wildman–Crippen LogP) is 3.33. The monoisotopic (exact) mass is 377 g/mol. The Morgan fingerprint density at radius 2 is 2.00 bits per heavy atom. The third-order valence-corrected chi connectivity index (χ3v) is 5.13. The van der Waals surface area contributed by atoms with Gasteiger partial charge in [-0.05, 0) is 48.6 Å². The number of halogens is 2. The molecule has 26 heavy (non-hydrogen) atoms. The summed E-state index contributed by atoms with van der Waals surface area (Å²) in [5.74, 6) is -0.703. The van der Waals surface area contributed by atoms with E-state index in [4.69, 9.17) is 22.1 Å². The van der Waals surface area contributed by atoms with Gasteiger partial charge in [-0.2, -0.15) is 0 Å². The summed E-state index contributed by atoms with van der Waals surface area (Å²) in [7, 11) is 0. The van der Waals surface area contributed by atoms with E-state index in [9.17, 15) is 14.3 Å². The van der Waals surface area contributed by atoms with E-state index in [0.29, 0.717) is 36.5 Å². The fourth-order valence-electron chi connectivity index (χ4n) is 3.40. The van der Waals surface area contributed by atoms with Crippen LogP contribution < -0.4 is 5.73 Å². The van der Waals surface area contributed by atoms with E-state index in [-0.39, 0.29) is 24.4 Å². The zero-order valence-electron chi connectivity index (χ0n) is 14.3. The Labute approximate surface area is 156 Å². The molecule has 0 aliphatic carbocycles. The van der Waals surface area contributed by atoms with Crippen molar-refractivity contribution in [1.29, 1.82) is 0 Å². The zero-order valence-corrected chi connectivity index (χ0v) is 15.0. The van der Waals surface area contributed by atoms with Crippen LogP contribution >= 0.6 is 11.6 Å². The highest BCUT2D eigenvalue weighted by atomic mass is 35.5. The molecule has 1 saturated heterocycles. The molecular weight excluding hydrogens is 357 g/mol. The minimum Gasteiger partial charge on any atom is -0.465 e. The van der Waals surface area contributed by atoms with Crippen molar-refractivity contribution in [1.82, 2.24) is 0 Å². The third-order valence-electron chi connectivity index (χ3n) is 4.89. The molecule has 2 aromatic carbocycles. The summed E-state index contributed by atoms with van der Waals surface area (Å²) in [6.45, 7) is 0.0680. The lowest BCUT2D eigenvalue weighted by Gasteiger charge is -2.25. The zero-order chi connectivity index (χ0) is 18.7. The summed E-state index contributed by atoms with van der Waals surface area (Å²) in [6.07, 6.45) is 1.41. The molecule has 1 heterocycles.